The van der Waals surface area contributed by atoms with E-state index in [1.807, 2.05) is 0 Å². The van der Waals surface area contributed by atoms with Gasteiger partial charge in [0.2, 0.25) is 0 Å². The SMILES string of the molecule is [CH2]COC(F)C(F)(F)F. The van der Waals surface area contributed by atoms with E-state index in [1.54, 1.807) is 0 Å². The van der Waals surface area contributed by atoms with Gasteiger partial charge in [0.25, 0.3) is 6.36 Å². The second-order valence-electron chi connectivity index (χ2n) is 1.23. The van der Waals surface area contributed by atoms with Crippen molar-refractivity contribution in [2.45, 2.75) is 12.5 Å². The first-order valence-electron chi connectivity index (χ1n) is 2.10. The van der Waals surface area contributed by atoms with Gasteiger partial charge in [-0.3, -0.25) is 0 Å². The lowest BCUT2D eigenvalue weighted by atomic mass is 10.6. The van der Waals surface area contributed by atoms with Gasteiger partial charge in [-0.25, -0.2) is 4.39 Å². The minimum atomic E-state index is -4.92. The maximum Gasteiger partial charge on any atom is 0.445 e. The molecule has 0 aliphatic rings. The van der Waals surface area contributed by atoms with Gasteiger partial charge in [-0.2, -0.15) is 13.2 Å². The summed E-state index contributed by atoms with van der Waals surface area (Å²) in [6, 6.07) is 0. The Morgan fingerprint density at radius 1 is 1.44 bits per heavy atom. The molecule has 55 valence electrons. The molecule has 0 rings (SSSR count). The van der Waals surface area contributed by atoms with E-state index >= 15 is 0 Å². The van der Waals surface area contributed by atoms with Crippen LogP contribution in [0.4, 0.5) is 17.6 Å². The molecule has 0 saturated carbocycles. The highest BCUT2D eigenvalue weighted by molar-refractivity contribution is 4.53. The molecule has 0 aliphatic heterocycles. The zero-order chi connectivity index (χ0) is 7.49. The Morgan fingerprint density at radius 2 is 1.89 bits per heavy atom. The second kappa shape index (κ2) is 3.00. The number of hydrogen-bond donors (Lipinski definition) is 0. The molecular formula is C4H5F4O. The molecule has 5 heteroatoms. The number of rotatable bonds is 2. The van der Waals surface area contributed by atoms with E-state index in [9.17, 15) is 17.6 Å². The van der Waals surface area contributed by atoms with Crippen LogP contribution in [0.2, 0.25) is 0 Å². The largest absolute Gasteiger partial charge is 0.445 e. The minimum absolute atomic E-state index is 0.527. The molecule has 0 amide bonds. The summed E-state index contributed by atoms with van der Waals surface area (Å²) >= 11 is 0. The van der Waals surface area contributed by atoms with Crippen LogP contribution >= 0.6 is 0 Å². The molecule has 0 N–H and O–H groups in total. The van der Waals surface area contributed by atoms with E-state index in [4.69, 9.17) is 0 Å². The third-order valence-electron chi connectivity index (χ3n) is 0.522. The molecule has 1 nitrogen and oxygen atoms in total. The molecule has 0 aromatic carbocycles. The van der Waals surface area contributed by atoms with Gasteiger partial charge in [-0.15, -0.1) is 0 Å². The highest BCUT2D eigenvalue weighted by Gasteiger charge is 2.40. The van der Waals surface area contributed by atoms with Crippen molar-refractivity contribution >= 4 is 0 Å². The molecule has 0 spiro atoms. The lowest BCUT2D eigenvalue weighted by molar-refractivity contribution is -0.261. The first-order chi connectivity index (χ1) is 3.98. The average molecular weight is 145 g/mol. The predicted octanol–water partition coefficient (Wildman–Crippen LogP) is 1.69. The van der Waals surface area contributed by atoms with Gasteiger partial charge in [0.15, 0.2) is 0 Å². The highest BCUT2D eigenvalue weighted by atomic mass is 19.4. The fourth-order valence-corrected chi connectivity index (χ4v) is 0.198. The Kier molecular flexibility index (Phi) is 2.90. The summed E-state index contributed by atoms with van der Waals surface area (Å²) in [6.45, 7) is 2.35. The van der Waals surface area contributed by atoms with Crippen molar-refractivity contribution in [2.75, 3.05) is 6.61 Å². The van der Waals surface area contributed by atoms with Crippen LogP contribution in [-0.4, -0.2) is 19.1 Å². The van der Waals surface area contributed by atoms with E-state index in [1.165, 1.54) is 0 Å². The van der Waals surface area contributed by atoms with Crippen molar-refractivity contribution in [3.05, 3.63) is 6.92 Å². The summed E-state index contributed by atoms with van der Waals surface area (Å²) in [4.78, 5) is 0. The number of hydrogen-bond acceptors (Lipinski definition) is 1. The van der Waals surface area contributed by atoms with Gasteiger partial charge >= 0.3 is 6.18 Å². The predicted molar refractivity (Wildman–Crippen MR) is 22.3 cm³/mol. The Hall–Kier alpha value is -0.320. The smallest absolute Gasteiger partial charge is 0.341 e. The molecular weight excluding hydrogens is 140 g/mol. The van der Waals surface area contributed by atoms with Crippen LogP contribution in [0.3, 0.4) is 0 Å². The van der Waals surface area contributed by atoms with Crippen molar-refractivity contribution in [3.8, 4) is 0 Å². The van der Waals surface area contributed by atoms with Gasteiger partial charge in [-0.05, 0) is 6.92 Å². The molecule has 0 aromatic rings. The maximum absolute atomic E-state index is 11.5. The lowest BCUT2D eigenvalue weighted by Crippen LogP contribution is -2.27. The lowest BCUT2D eigenvalue weighted by Gasteiger charge is -2.10. The summed E-state index contributed by atoms with van der Waals surface area (Å²) < 4.78 is 48.4. The number of halogens is 4. The van der Waals surface area contributed by atoms with Crippen molar-refractivity contribution < 1.29 is 22.3 Å². The standard InChI is InChI=1S/C4H5F4O/c1-2-9-3(5)4(6,7)8/h3H,1-2H2. The highest BCUT2D eigenvalue weighted by Crippen LogP contribution is 2.23. The van der Waals surface area contributed by atoms with Gasteiger partial charge < -0.3 is 4.74 Å². The zero-order valence-corrected chi connectivity index (χ0v) is 4.41. The maximum atomic E-state index is 11.5. The molecule has 9 heavy (non-hydrogen) atoms. The van der Waals surface area contributed by atoms with Crippen molar-refractivity contribution in [1.29, 1.82) is 0 Å². The third kappa shape index (κ3) is 3.29. The van der Waals surface area contributed by atoms with Crippen molar-refractivity contribution in [2.24, 2.45) is 0 Å². The normalized spacial score (nSPS) is 15.7. The van der Waals surface area contributed by atoms with E-state index in [2.05, 4.69) is 11.7 Å². The number of alkyl halides is 4. The fraction of sp³-hybridized carbons (Fsp3) is 0.750. The van der Waals surface area contributed by atoms with Gasteiger partial charge in [0.1, 0.15) is 0 Å². The first kappa shape index (κ1) is 8.68. The number of ether oxygens (including phenoxy) is 1. The summed E-state index contributed by atoms with van der Waals surface area (Å²) in [5.41, 5.74) is 0. The van der Waals surface area contributed by atoms with E-state index in [0.717, 1.165) is 0 Å². The fourth-order valence-electron chi connectivity index (χ4n) is 0.198. The summed E-state index contributed by atoms with van der Waals surface area (Å²) in [7, 11) is 0. The van der Waals surface area contributed by atoms with E-state index in [-0.39, 0.29) is 0 Å². The monoisotopic (exact) mass is 145 g/mol. The Morgan fingerprint density at radius 3 is 2.00 bits per heavy atom. The minimum Gasteiger partial charge on any atom is -0.341 e. The summed E-state index contributed by atoms with van der Waals surface area (Å²) in [6.07, 6.45) is -8.12. The van der Waals surface area contributed by atoms with Crippen LogP contribution in [0.25, 0.3) is 0 Å². The topological polar surface area (TPSA) is 9.23 Å². The van der Waals surface area contributed by atoms with Crippen LogP contribution in [-0.2, 0) is 4.74 Å². The Labute approximate surface area is 49.6 Å². The molecule has 1 radical (unpaired) electrons. The zero-order valence-electron chi connectivity index (χ0n) is 4.41. The van der Waals surface area contributed by atoms with Crippen LogP contribution in [0.15, 0.2) is 0 Å². The van der Waals surface area contributed by atoms with Crippen molar-refractivity contribution in [3.63, 3.8) is 0 Å². The Bertz CT molecular complexity index is 79.1. The molecule has 0 aromatic heterocycles. The van der Waals surface area contributed by atoms with Crippen LogP contribution in [0.1, 0.15) is 0 Å². The Balaban J connectivity index is 3.59. The van der Waals surface area contributed by atoms with Gasteiger partial charge in [0, 0.05) is 0 Å². The second-order valence-corrected chi connectivity index (χ2v) is 1.23. The van der Waals surface area contributed by atoms with Gasteiger partial charge in [0.05, 0.1) is 6.61 Å². The quantitative estimate of drug-likeness (QED) is 0.537. The van der Waals surface area contributed by atoms with Crippen molar-refractivity contribution in [1.82, 2.24) is 0 Å². The average Bonchev–Trinajstić information content (AvgIpc) is 1.64. The van der Waals surface area contributed by atoms with E-state index < -0.39 is 19.1 Å². The molecule has 1 unspecified atom stereocenters. The van der Waals surface area contributed by atoms with Crippen LogP contribution in [0, 0.1) is 6.92 Å². The molecule has 0 saturated heterocycles. The summed E-state index contributed by atoms with van der Waals surface area (Å²) in [5, 5.41) is 0. The van der Waals surface area contributed by atoms with E-state index in [0.29, 0.717) is 0 Å². The molecule has 0 fully saturated rings. The third-order valence-corrected chi connectivity index (χ3v) is 0.522. The van der Waals surface area contributed by atoms with Crippen LogP contribution < -0.4 is 0 Å². The molecule has 0 aliphatic carbocycles. The molecule has 0 heterocycles. The molecule has 1 atom stereocenters. The van der Waals surface area contributed by atoms with Gasteiger partial charge in [-0.1, -0.05) is 0 Å². The molecule has 0 bridgehead atoms. The first-order valence-corrected chi connectivity index (χ1v) is 2.10. The summed E-state index contributed by atoms with van der Waals surface area (Å²) in [5.74, 6) is 0. The van der Waals surface area contributed by atoms with Crippen LogP contribution in [0.5, 0.6) is 0 Å².